The Morgan fingerprint density at radius 2 is 2.00 bits per heavy atom. The maximum Gasteiger partial charge on any atom is 0.220 e. The molecule has 0 bridgehead atoms. The van der Waals surface area contributed by atoms with Crippen molar-refractivity contribution < 1.29 is 9.59 Å². The zero-order valence-corrected chi connectivity index (χ0v) is 6.70. The molecular weight excluding hydrogens is 150 g/mol. The van der Waals surface area contributed by atoms with Crippen molar-refractivity contribution in [2.45, 2.75) is 13.8 Å². The summed E-state index contributed by atoms with van der Waals surface area (Å²) in [6, 6.07) is 0. The Hall–Kier alpha value is -0.770. The summed E-state index contributed by atoms with van der Waals surface area (Å²) in [5.74, 6) is -0.139. The second kappa shape index (κ2) is 5.05. The minimum atomic E-state index is -0.139. The predicted molar refractivity (Wildman–Crippen MR) is 41.2 cm³/mol. The van der Waals surface area contributed by atoms with Crippen LogP contribution in [0.5, 0.6) is 0 Å². The number of amides is 1. The molecule has 1 N–H and O–H groups in total. The Kier molecular flexibility index (Phi) is 4.66. The highest BCUT2D eigenvalue weighted by atomic mass is 32.2. The van der Waals surface area contributed by atoms with E-state index in [4.69, 9.17) is 0 Å². The first-order valence-electron chi connectivity index (χ1n) is 2.72. The zero-order valence-electron chi connectivity index (χ0n) is 5.88. The molecule has 4 heteroatoms. The lowest BCUT2D eigenvalue weighted by atomic mass is 10.7. The Morgan fingerprint density at radius 3 is 2.40 bits per heavy atom. The van der Waals surface area contributed by atoms with Gasteiger partial charge < -0.3 is 5.32 Å². The number of hydrogen-bond donors (Lipinski definition) is 1. The summed E-state index contributed by atoms with van der Waals surface area (Å²) in [5, 5.41) is 3.94. The minimum Gasteiger partial charge on any atom is -0.332 e. The lowest BCUT2D eigenvalue weighted by molar-refractivity contribution is -0.118. The zero-order chi connectivity index (χ0) is 7.98. The van der Waals surface area contributed by atoms with Crippen LogP contribution in [0, 0.1) is 0 Å². The summed E-state index contributed by atoms with van der Waals surface area (Å²) in [4.78, 5) is 20.5. The molecule has 1 amide bonds. The summed E-state index contributed by atoms with van der Waals surface area (Å²) in [5.41, 5.74) is 0. The fourth-order valence-corrected chi connectivity index (χ4v) is 0.609. The average molecular weight is 159 g/mol. The summed E-state index contributed by atoms with van der Waals surface area (Å²) in [6.45, 7) is 2.87. The number of hydrogen-bond acceptors (Lipinski definition) is 3. The van der Waals surface area contributed by atoms with Gasteiger partial charge in [0.25, 0.3) is 0 Å². The summed E-state index contributed by atoms with van der Waals surface area (Å²) in [6.07, 6.45) is 1.44. The number of thioether (sulfide) groups is 1. The molecule has 0 atom stereocenters. The molecule has 56 valence electrons. The van der Waals surface area contributed by atoms with Gasteiger partial charge in [-0.15, -0.1) is 0 Å². The normalized spacial score (nSPS) is 9.80. The predicted octanol–water partition coefficient (Wildman–Crippen LogP) is 0.873. The third kappa shape index (κ3) is 7.23. The van der Waals surface area contributed by atoms with Crippen molar-refractivity contribution in [3.8, 4) is 0 Å². The van der Waals surface area contributed by atoms with Crippen LogP contribution in [0.2, 0.25) is 0 Å². The van der Waals surface area contributed by atoms with Crippen LogP contribution in [-0.2, 0) is 9.59 Å². The fourth-order valence-electron chi connectivity index (χ4n) is 0.281. The van der Waals surface area contributed by atoms with E-state index in [1.165, 1.54) is 25.5 Å². The molecule has 0 rings (SSSR count). The maximum absolute atomic E-state index is 10.3. The largest absolute Gasteiger partial charge is 0.332 e. The molecule has 0 aliphatic rings. The van der Waals surface area contributed by atoms with Gasteiger partial charge >= 0.3 is 0 Å². The Labute approximate surface area is 63.9 Å². The number of carbonyl (C=O) groups excluding carboxylic acids is 2. The second-order valence-corrected chi connectivity index (χ2v) is 2.70. The molecule has 0 saturated carbocycles. The Balaban J connectivity index is 3.38. The molecule has 0 aliphatic heterocycles. The highest BCUT2D eigenvalue weighted by molar-refractivity contribution is 8.16. The van der Waals surface area contributed by atoms with Gasteiger partial charge in [-0.2, -0.15) is 0 Å². The average Bonchev–Trinajstić information content (AvgIpc) is 1.79. The smallest absolute Gasteiger partial charge is 0.220 e. The van der Waals surface area contributed by atoms with Gasteiger partial charge in [0.1, 0.15) is 0 Å². The fraction of sp³-hybridized carbons (Fsp3) is 0.333. The second-order valence-electron chi connectivity index (χ2n) is 1.61. The van der Waals surface area contributed by atoms with E-state index in [0.717, 1.165) is 11.8 Å². The van der Waals surface area contributed by atoms with Crippen LogP contribution >= 0.6 is 11.8 Å². The SMILES string of the molecule is CC(=O)N/C=C/SC(C)=O. The van der Waals surface area contributed by atoms with Gasteiger partial charge in [0, 0.05) is 20.0 Å². The minimum absolute atomic E-state index is 0.00148. The van der Waals surface area contributed by atoms with Crippen molar-refractivity contribution in [1.82, 2.24) is 5.32 Å². The number of rotatable bonds is 2. The molecule has 0 radical (unpaired) electrons. The van der Waals surface area contributed by atoms with Crippen LogP contribution in [0.3, 0.4) is 0 Å². The van der Waals surface area contributed by atoms with E-state index in [9.17, 15) is 9.59 Å². The first-order chi connectivity index (χ1) is 4.63. The third-order valence-corrected chi connectivity index (χ3v) is 1.19. The van der Waals surface area contributed by atoms with Crippen LogP contribution in [-0.4, -0.2) is 11.0 Å². The monoisotopic (exact) mass is 159 g/mol. The van der Waals surface area contributed by atoms with E-state index in [1.54, 1.807) is 0 Å². The van der Waals surface area contributed by atoms with E-state index in [1.807, 2.05) is 0 Å². The highest BCUT2D eigenvalue weighted by Gasteiger charge is 1.86. The van der Waals surface area contributed by atoms with E-state index in [0.29, 0.717) is 0 Å². The van der Waals surface area contributed by atoms with Crippen molar-refractivity contribution in [2.24, 2.45) is 0 Å². The Bertz CT molecular complexity index is 147. The molecule has 0 heterocycles. The standard InChI is InChI=1S/C6H9NO2S/c1-5(8)7-3-4-10-6(2)9/h3-4H,1-2H3,(H,7,8)/b4-3+. The molecular formula is C6H9NO2S. The molecule has 0 spiro atoms. The first kappa shape index (κ1) is 9.23. The third-order valence-electron chi connectivity index (χ3n) is 0.589. The van der Waals surface area contributed by atoms with E-state index in [-0.39, 0.29) is 11.0 Å². The number of carbonyl (C=O) groups is 2. The first-order valence-corrected chi connectivity index (χ1v) is 3.60. The van der Waals surface area contributed by atoms with Crippen LogP contribution in [0.1, 0.15) is 13.8 Å². The van der Waals surface area contributed by atoms with Crippen LogP contribution in [0.15, 0.2) is 11.6 Å². The van der Waals surface area contributed by atoms with Crippen LogP contribution in [0.4, 0.5) is 0 Å². The van der Waals surface area contributed by atoms with Gasteiger partial charge in [-0.25, -0.2) is 0 Å². The topological polar surface area (TPSA) is 46.2 Å². The van der Waals surface area contributed by atoms with Gasteiger partial charge in [0.15, 0.2) is 5.12 Å². The molecule has 0 aliphatic carbocycles. The van der Waals surface area contributed by atoms with Gasteiger partial charge in [-0.3, -0.25) is 9.59 Å². The Morgan fingerprint density at radius 1 is 1.40 bits per heavy atom. The molecule has 0 fully saturated rings. The molecule has 10 heavy (non-hydrogen) atoms. The van der Waals surface area contributed by atoms with Crippen molar-refractivity contribution in [1.29, 1.82) is 0 Å². The lowest BCUT2D eigenvalue weighted by Gasteiger charge is -1.88. The van der Waals surface area contributed by atoms with Gasteiger partial charge in [-0.05, 0) is 5.41 Å². The summed E-state index contributed by atoms with van der Waals surface area (Å²) >= 11 is 1.04. The molecule has 0 unspecified atom stereocenters. The quantitative estimate of drug-likeness (QED) is 0.650. The van der Waals surface area contributed by atoms with Crippen molar-refractivity contribution in [2.75, 3.05) is 0 Å². The summed E-state index contributed by atoms with van der Waals surface area (Å²) in [7, 11) is 0. The molecule has 0 aromatic rings. The van der Waals surface area contributed by atoms with E-state index in [2.05, 4.69) is 5.32 Å². The van der Waals surface area contributed by atoms with Gasteiger partial charge in [0.05, 0.1) is 0 Å². The lowest BCUT2D eigenvalue weighted by Crippen LogP contribution is -2.10. The van der Waals surface area contributed by atoms with Crippen molar-refractivity contribution in [3.63, 3.8) is 0 Å². The highest BCUT2D eigenvalue weighted by Crippen LogP contribution is 2.00. The van der Waals surface area contributed by atoms with Crippen LogP contribution < -0.4 is 5.32 Å². The van der Waals surface area contributed by atoms with Crippen molar-refractivity contribution in [3.05, 3.63) is 11.6 Å². The van der Waals surface area contributed by atoms with E-state index < -0.39 is 0 Å². The van der Waals surface area contributed by atoms with Crippen LogP contribution in [0.25, 0.3) is 0 Å². The summed E-state index contributed by atoms with van der Waals surface area (Å²) < 4.78 is 0. The van der Waals surface area contributed by atoms with Crippen molar-refractivity contribution >= 4 is 22.8 Å². The molecule has 0 aromatic heterocycles. The van der Waals surface area contributed by atoms with E-state index >= 15 is 0 Å². The maximum atomic E-state index is 10.3. The number of nitrogens with one attached hydrogen (secondary N) is 1. The molecule has 0 aromatic carbocycles. The van der Waals surface area contributed by atoms with Gasteiger partial charge in [0.2, 0.25) is 5.91 Å². The molecule has 3 nitrogen and oxygen atoms in total. The molecule has 0 saturated heterocycles. The van der Waals surface area contributed by atoms with Gasteiger partial charge in [-0.1, -0.05) is 11.8 Å².